The van der Waals surface area contributed by atoms with Crippen molar-refractivity contribution in [2.24, 2.45) is 0 Å². The second-order valence-corrected chi connectivity index (χ2v) is 1.73. The summed E-state index contributed by atoms with van der Waals surface area (Å²) in [6.07, 6.45) is 4.07. The summed E-state index contributed by atoms with van der Waals surface area (Å²) in [6.45, 7) is 2.25. The molecule has 1 fully saturated rings. The molecule has 1 heterocycles. The van der Waals surface area contributed by atoms with Crippen LogP contribution in [0.4, 0.5) is 0 Å². The maximum absolute atomic E-state index is 4.18. The van der Waals surface area contributed by atoms with Gasteiger partial charge in [-0.1, -0.05) is 19.3 Å². The average Bonchev–Trinajstić information content (AvgIpc) is 1.72. The SMILES string of the molecule is C1CC[N-]CC1.[CH3-].[CH3-].[Ti+3]. The van der Waals surface area contributed by atoms with Crippen molar-refractivity contribution in [3.63, 3.8) is 0 Å². The van der Waals surface area contributed by atoms with Crippen LogP contribution in [0.3, 0.4) is 0 Å². The van der Waals surface area contributed by atoms with Gasteiger partial charge in [-0.15, -0.1) is 13.1 Å². The van der Waals surface area contributed by atoms with Crippen molar-refractivity contribution in [3.8, 4) is 0 Å². The third-order valence-electron chi connectivity index (χ3n) is 1.13. The van der Waals surface area contributed by atoms with Crippen LogP contribution in [0.5, 0.6) is 0 Å². The van der Waals surface area contributed by atoms with E-state index in [4.69, 9.17) is 0 Å². The van der Waals surface area contributed by atoms with Gasteiger partial charge in [0.05, 0.1) is 0 Å². The van der Waals surface area contributed by atoms with E-state index in [1.165, 1.54) is 19.3 Å². The molecule has 0 unspecified atom stereocenters. The topological polar surface area (TPSA) is 14.1 Å². The molecule has 0 bridgehead atoms. The van der Waals surface area contributed by atoms with Crippen LogP contribution >= 0.6 is 0 Å². The summed E-state index contributed by atoms with van der Waals surface area (Å²) in [5.74, 6) is 0. The summed E-state index contributed by atoms with van der Waals surface area (Å²) in [7, 11) is 0. The fraction of sp³-hybridized carbons (Fsp3) is 0.714. The Balaban J connectivity index is -0.000000120. The summed E-state index contributed by atoms with van der Waals surface area (Å²) < 4.78 is 0. The van der Waals surface area contributed by atoms with E-state index < -0.39 is 0 Å². The third kappa shape index (κ3) is 8.67. The van der Waals surface area contributed by atoms with Gasteiger partial charge < -0.3 is 20.2 Å². The Morgan fingerprint density at radius 2 is 1.22 bits per heavy atom. The van der Waals surface area contributed by atoms with Crippen LogP contribution in [0, 0.1) is 14.9 Å². The maximum atomic E-state index is 4.18. The molecular formula is C7H16NTi. The van der Waals surface area contributed by atoms with E-state index in [0.717, 1.165) is 13.1 Å². The minimum atomic E-state index is 0. The molecule has 1 aliphatic heterocycles. The summed E-state index contributed by atoms with van der Waals surface area (Å²) in [5.41, 5.74) is 0. The van der Waals surface area contributed by atoms with Gasteiger partial charge in [0, 0.05) is 0 Å². The molecule has 0 atom stereocenters. The molecular weight excluding hydrogens is 146 g/mol. The van der Waals surface area contributed by atoms with Crippen molar-refractivity contribution in [1.82, 2.24) is 0 Å². The second-order valence-electron chi connectivity index (χ2n) is 1.73. The Hall–Kier alpha value is 0.674. The van der Waals surface area contributed by atoms with Crippen LogP contribution in [0.1, 0.15) is 19.3 Å². The monoisotopic (exact) mass is 162 g/mol. The normalized spacial score (nSPS) is 16.0. The first-order chi connectivity index (χ1) is 3.00. The van der Waals surface area contributed by atoms with Crippen LogP contribution in [-0.2, 0) is 21.7 Å². The summed E-state index contributed by atoms with van der Waals surface area (Å²) in [5, 5.41) is 4.18. The number of hydrogen-bond donors (Lipinski definition) is 0. The van der Waals surface area contributed by atoms with E-state index in [2.05, 4.69) is 5.32 Å². The molecule has 2 heteroatoms. The van der Waals surface area contributed by atoms with Crippen LogP contribution in [0.15, 0.2) is 0 Å². The average molecular weight is 162 g/mol. The van der Waals surface area contributed by atoms with Crippen LogP contribution < -0.4 is 0 Å². The van der Waals surface area contributed by atoms with Gasteiger partial charge in [0.25, 0.3) is 0 Å². The molecule has 0 saturated carbocycles. The Bertz CT molecular complexity index is 24.4. The predicted octanol–water partition coefficient (Wildman–Crippen LogP) is 2.44. The zero-order chi connectivity index (χ0) is 4.24. The molecule has 1 rings (SSSR count). The van der Waals surface area contributed by atoms with Gasteiger partial charge in [0.15, 0.2) is 0 Å². The molecule has 0 N–H and O–H groups in total. The number of piperidine rings is 1. The van der Waals surface area contributed by atoms with E-state index in [0.29, 0.717) is 0 Å². The minimum Gasteiger partial charge on any atom is -0.662 e. The van der Waals surface area contributed by atoms with Gasteiger partial charge in [-0.2, -0.15) is 0 Å². The van der Waals surface area contributed by atoms with Gasteiger partial charge >= 0.3 is 21.7 Å². The molecule has 1 nitrogen and oxygen atoms in total. The Morgan fingerprint density at radius 1 is 0.778 bits per heavy atom. The van der Waals surface area contributed by atoms with Crippen LogP contribution in [0.2, 0.25) is 0 Å². The first kappa shape index (κ1) is 16.3. The van der Waals surface area contributed by atoms with E-state index in [1.807, 2.05) is 0 Å². The maximum Gasteiger partial charge on any atom is 3.00 e. The summed E-state index contributed by atoms with van der Waals surface area (Å²) >= 11 is 0. The van der Waals surface area contributed by atoms with Gasteiger partial charge in [-0.05, 0) is 0 Å². The summed E-state index contributed by atoms with van der Waals surface area (Å²) in [6, 6.07) is 0. The van der Waals surface area contributed by atoms with E-state index >= 15 is 0 Å². The molecule has 1 aliphatic rings. The number of nitrogens with zero attached hydrogens (tertiary/aromatic N) is 1. The molecule has 0 spiro atoms. The van der Waals surface area contributed by atoms with Crippen molar-refractivity contribution >= 4 is 0 Å². The zero-order valence-corrected chi connectivity index (χ0v) is 8.04. The summed E-state index contributed by atoms with van der Waals surface area (Å²) in [4.78, 5) is 0. The fourth-order valence-electron chi connectivity index (χ4n) is 0.736. The molecule has 0 amide bonds. The third-order valence-corrected chi connectivity index (χ3v) is 1.13. The standard InChI is InChI=1S/C5H10N.2CH3.Ti/c1-2-4-6-5-3-1;;;/h1-5H2;2*1H3;/q3*-1;+3. The number of hydrogen-bond acceptors (Lipinski definition) is 0. The Kier molecular flexibility index (Phi) is 20.8. The smallest absolute Gasteiger partial charge is 0.662 e. The molecule has 0 aromatic heterocycles. The van der Waals surface area contributed by atoms with Gasteiger partial charge in [0.1, 0.15) is 0 Å². The van der Waals surface area contributed by atoms with Crippen molar-refractivity contribution in [3.05, 3.63) is 20.2 Å². The predicted molar refractivity (Wildman–Crippen MR) is 39.8 cm³/mol. The van der Waals surface area contributed by atoms with Crippen molar-refractivity contribution < 1.29 is 21.7 Å². The van der Waals surface area contributed by atoms with E-state index in [1.54, 1.807) is 0 Å². The van der Waals surface area contributed by atoms with Gasteiger partial charge in [-0.25, -0.2) is 0 Å². The largest absolute Gasteiger partial charge is 3.00 e. The second kappa shape index (κ2) is 11.5. The van der Waals surface area contributed by atoms with Crippen LogP contribution in [-0.4, -0.2) is 13.1 Å². The minimum absolute atomic E-state index is 0. The van der Waals surface area contributed by atoms with Crippen molar-refractivity contribution in [2.75, 3.05) is 13.1 Å². The first-order valence-corrected chi connectivity index (χ1v) is 2.63. The molecule has 9 heavy (non-hydrogen) atoms. The fourth-order valence-corrected chi connectivity index (χ4v) is 0.736. The van der Waals surface area contributed by atoms with Crippen LogP contribution in [0.25, 0.3) is 5.32 Å². The number of rotatable bonds is 0. The first-order valence-electron chi connectivity index (χ1n) is 2.63. The molecule has 1 radical (unpaired) electrons. The Morgan fingerprint density at radius 3 is 1.33 bits per heavy atom. The van der Waals surface area contributed by atoms with Crippen molar-refractivity contribution in [1.29, 1.82) is 0 Å². The molecule has 0 aromatic rings. The van der Waals surface area contributed by atoms with E-state index in [9.17, 15) is 0 Å². The molecule has 0 aliphatic carbocycles. The zero-order valence-electron chi connectivity index (χ0n) is 6.48. The van der Waals surface area contributed by atoms with Gasteiger partial charge in [0.2, 0.25) is 0 Å². The quantitative estimate of drug-likeness (QED) is 0.383. The molecule has 0 aromatic carbocycles. The molecule has 53 valence electrons. The molecule has 1 saturated heterocycles. The Labute approximate surface area is 74.5 Å². The van der Waals surface area contributed by atoms with E-state index in [-0.39, 0.29) is 36.6 Å². The van der Waals surface area contributed by atoms with Crippen molar-refractivity contribution in [2.45, 2.75) is 19.3 Å². The van der Waals surface area contributed by atoms with Gasteiger partial charge in [-0.3, -0.25) is 0 Å².